The molecule has 1 aliphatic carbocycles. The van der Waals surface area contributed by atoms with Crippen LogP contribution in [0.2, 0.25) is 0 Å². The van der Waals surface area contributed by atoms with E-state index >= 15 is 0 Å². The van der Waals surface area contributed by atoms with E-state index in [1.54, 1.807) is 12.1 Å². The summed E-state index contributed by atoms with van der Waals surface area (Å²) in [6, 6.07) is 9.17. The van der Waals surface area contributed by atoms with E-state index in [0.29, 0.717) is 25.2 Å². The number of rotatable bonds is 3. The molecule has 1 saturated carbocycles. The number of sulfone groups is 1. The van der Waals surface area contributed by atoms with Crippen LogP contribution >= 0.6 is 0 Å². The lowest BCUT2D eigenvalue weighted by Crippen LogP contribution is -2.61. The van der Waals surface area contributed by atoms with Crippen molar-refractivity contribution < 1.29 is 13.2 Å². The summed E-state index contributed by atoms with van der Waals surface area (Å²) < 4.78 is 24.6. The Bertz CT molecular complexity index is 840. The molecule has 1 amide bonds. The van der Waals surface area contributed by atoms with Gasteiger partial charge in [-0.25, -0.2) is 8.42 Å². The highest BCUT2D eigenvalue weighted by Gasteiger charge is 2.49. The second kappa shape index (κ2) is 6.67. The maximum atomic E-state index is 12.8. The number of amides is 1. The first-order chi connectivity index (χ1) is 12.5. The maximum absolute atomic E-state index is 12.8. The molecule has 3 aliphatic rings. The smallest absolute Gasteiger partial charge is 0.226 e. The van der Waals surface area contributed by atoms with Crippen molar-refractivity contribution in [2.45, 2.75) is 37.9 Å². The Hall–Kier alpha value is -1.91. The number of fused-ring (bicyclic) bond motifs is 1. The van der Waals surface area contributed by atoms with Crippen LogP contribution in [0.4, 0.5) is 0 Å². The zero-order valence-corrected chi connectivity index (χ0v) is 15.5. The van der Waals surface area contributed by atoms with E-state index < -0.39 is 9.84 Å². The van der Waals surface area contributed by atoms with Gasteiger partial charge in [-0.1, -0.05) is 18.6 Å². The molecule has 2 atom stereocenters. The van der Waals surface area contributed by atoms with Gasteiger partial charge in [-0.2, -0.15) is 5.26 Å². The van der Waals surface area contributed by atoms with Gasteiger partial charge in [0.15, 0.2) is 9.84 Å². The lowest BCUT2D eigenvalue weighted by Gasteiger charge is -2.45. The van der Waals surface area contributed by atoms with Gasteiger partial charge in [0.25, 0.3) is 0 Å². The summed E-state index contributed by atoms with van der Waals surface area (Å²) in [5, 5.41) is 8.92. The van der Waals surface area contributed by atoms with Crippen LogP contribution in [-0.4, -0.2) is 60.8 Å². The summed E-state index contributed by atoms with van der Waals surface area (Å²) in [4.78, 5) is 16.8. The van der Waals surface area contributed by atoms with Crippen LogP contribution < -0.4 is 0 Å². The van der Waals surface area contributed by atoms with Gasteiger partial charge in [0, 0.05) is 31.6 Å². The molecule has 2 heterocycles. The van der Waals surface area contributed by atoms with E-state index in [4.69, 9.17) is 5.26 Å². The zero-order valence-electron chi connectivity index (χ0n) is 14.7. The molecular weight excluding hydrogens is 350 g/mol. The average molecular weight is 373 g/mol. The average Bonchev–Trinajstić information content (AvgIpc) is 2.89. The fourth-order valence-corrected chi connectivity index (χ4v) is 6.32. The number of piperazine rings is 1. The normalized spacial score (nSPS) is 28.2. The molecule has 0 spiro atoms. The first kappa shape index (κ1) is 17.5. The number of benzene rings is 1. The first-order valence-corrected chi connectivity index (χ1v) is 11.0. The highest BCUT2D eigenvalue weighted by Crippen LogP contribution is 2.33. The monoisotopic (exact) mass is 373 g/mol. The molecule has 4 rings (SSSR count). The van der Waals surface area contributed by atoms with Crippen molar-refractivity contribution in [2.75, 3.05) is 24.6 Å². The summed E-state index contributed by atoms with van der Waals surface area (Å²) in [5.41, 5.74) is 1.68. The summed E-state index contributed by atoms with van der Waals surface area (Å²) in [7, 11) is -3.12. The van der Waals surface area contributed by atoms with Crippen molar-refractivity contribution in [2.24, 2.45) is 5.92 Å². The molecule has 1 aromatic rings. The predicted molar refractivity (Wildman–Crippen MR) is 96.9 cm³/mol. The van der Waals surface area contributed by atoms with E-state index in [1.165, 1.54) is 0 Å². The van der Waals surface area contributed by atoms with Gasteiger partial charge in [-0.05, 0) is 30.5 Å². The standard InChI is InChI=1S/C19H23N3O3S/c20-10-14-4-6-15(7-5-14)11-21-8-9-22(19(23)16-2-1-3-16)18-13-26(24,25)12-17(18)21/h4-7,16-18H,1-3,8-9,11-13H2/t17-,18+/m0/s1. The van der Waals surface area contributed by atoms with Gasteiger partial charge in [0.05, 0.1) is 29.2 Å². The zero-order chi connectivity index (χ0) is 18.3. The Labute approximate surface area is 154 Å². The van der Waals surface area contributed by atoms with E-state index in [0.717, 1.165) is 24.8 Å². The molecule has 138 valence electrons. The molecule has 0 aromatic heterocycles. The molecule has 0 N–H and O–H groups in total. The highest BCUT2D eigenvalue weighted by atomic mass is 32.2. The summed E-state index contributed by atoms with van der Waals surface area (Å²) in [5.74, 6) is 0.466. The minimum atomic E-state index is -3.12. The number of nitrogens with zero attached hydrogens (tertiary/aromatic N) is 3. The Morgan fingerprint density at radius 2 is 1.81 bits per heavy atom. The third kappa shape index (κ3) is 3.24. The second-order valence-corrected chi connectivity index (χ2v) is 9.80. The fraction of sp³-hybridized carbons (Fsp3) is 0.579. The van der Waals surface area contributed by atoms with Crippen molar-refractivity contribution >= 4 is 15.7 Å². The number of carbonyl (C=O) groups is 1. The number of carbonyl (C=O) groups excluding carboxylic acids is 1. The molecule has 26 heavy (non-hydrogen) atoms. The van der Waals surface area contributed by atoms with E-state index in [-0.39, 0.29) is 35.4 Å². The van der Waals surface area contributed by atoms with E-state index in [9.17, 15) is 13.2 Å². The van der Waals surface area contributed by atoms with Crippen LogP contribution in [0, 0.1) is 17.2 Å². The van der Waals surface area contributed by atoms with E-state index in [2.05, 4.69) is 11.0 Å². The third-order valence-electron chi connectivity index (χ3n) is 6.00. The molecule has 2 saturated heterocycles. The van der Waals surface area contributed by atoms with Gasteiger partial charge < -0.3 is 4.90 Å². The molecule has 3 fully saturated rings. The van der Waals surface area contributed by atoms with Crippen molar-refractivity contribution in [1.82, 2.24) is 9.80 Å². The third-order valence-corrected chi connectivity index (χ3v) is 7.70. The Balaban J connectivity index is 1.53. The van der Waals surface area contributed by atoms with Gasteiger partial charge in [0.2, 0.25) is 5.91 Å². The lowest BCUT2D eigenvalue weighted by atomic mass is 9.83. The van der Waals surface area contributed by atoms with Crippen LogP contribution in [0.25, 0.3) is 0 Å². The number of hydrogen-bond donors (Lipinski definition) is 0. The number of nitriles is 1. The van der Waals surface area contributed by atoms with Crippen LogP contribution in [0.3, 0.4) is 0 Å². The second-order valence-electron chi connectivity index (χ2n) is 7.65. The lowest BCUT2D eigenvalue weighted by molar-refractivity contribution is -0.144. The van der Waals surface area contributed by atoms with Crippen molar-refractivity contribution in [3.8, 4) is 6.07 Å². The van der Waals surface area contributed by atoms with Gasteiger partial charge in [-0.3, -0.25) is 9.69 Å². The van der Waals surface area contributed by atoms with Crippen LogP contribution in [0.15, 0.2) is 24.3 Å². The topological polar surface area (TPSA) is 81.5 Å². The summed E-state index contributed by atoms with van der Waals surface area (Å²) in [6.07, 6.45) is 2.98. The van der Waals surface area contributed by atoms with Gasteiger partial charge in [-0.15, -0.1) is 0 Å². The number of hydrogen-bond acceptors (Lipinski definition) is 5. The minimum Gasteiger partial charge on any atom is -0.336 e. The van der Waals surface area contributed by atoms with Gasteiger partial charge >= 0.3 is 0 Å². The molecule has 6 nitrogen and oxygen atoms in total. The molecular formula is C19H23N3O3S. The largest absolute Gasteiger partial charge is 0.336 e. The highest BCUT2D eigenvalue weighted by molar-refractivity contribution is 7.91. The molecule has 1 aromatic carbocycles. The first-order valence-electron chi connectivity index (χ1n) is 9.21. The molecule has 0 bridgehead atoms. The van der Waals surface area contributed by atoms with Crippen LogP contribution in [-0.2, 0) is 21.2 Å². The molecule has 0 radical (unpaired) electrons. The van der Waals surface area contributed by atoms with Crippen molar-refractivity contribution in [1.29, 1.82) is 5.26 Å². The maximum Gasteiger partial charge on any atom is 0.226 e. The van der Waals surface area contributed by atoms with E-state index in [1.807, 2.05) is 17.0 Å². The molecule has 7 heteroatoms. The Morgan fingerprint density at radius 3 is 2.42 bits per heavy atom. The summed E-state index contributed by atoms with van der Waals surface area (Å²) >= 11 is 0. The minimum absolute atomic E-state index is 0.0833. The SMILES string of the molecule is N#Cc1ccc(CN2CCN(C(=O)C3CCC3)[C@@H]3CS(=O)(=O)C[C@@H]32)cc1. The molecule has 2 aliphatic heterocycles. The summed E-state index contributed by atoms with van der Waals surface area (Å²) in [6.45, 7) is 1.94. The van der Waals surface area contributed by atoms with Crippen LogP contribution in [0.1, 0.15) is 30.4 Å². The van der Waals surface area contributed by atoms with Crippen molar-refractivity contribution in [3.63, 3.8) is 0 Å². The fourth-order valence-electron chi connectivity index (χ4n) is 4.30. The Morgan fingerprint density at radius 1 is 1.12 bits per heavy atom. The van der Waals surface area contributed by atoms with Gasteiger partial charge in [0.1, 0.15) is 0 Å². The van der Waals surface area contributed by atoms with Crippen LogP contribution in [0.5, 0.6) is 0 Å². The van der Waals surface area contributed by atoms with Crippen molar-refractivity contribution in [3.05, 3.63) is 35.4 Å². The molecule has 0 unspecified atom stereocenters. The Kier molecular flexibility index (Phi) is 4.49. The quantitative estimate of drug-likeness (QED) is 0.794. The predicted octanol–water partition coefficient (Wildman–Crippen LogP) is 1.17.